The van der Waals surface area contributed by atoms with Crippen molar-refractivity contribution in [1.82, 2.24) is 9.80 Å². The summed E-state index contributed by atoms with van der Waals surface area (Å²) in [5.41, 5.74) is 0.718. The molecule has 1 amide bonds. The van der Waals surface area contributed by atoms with Gasteiger partial charge in [-0.25, -0.2) is 0 Å². The number of halogens is 1. The summed E-state index contributed by atoms with van der Waals surface area (Å²) in [5.74, 6) is 0.786. The van der Waals surface area contributed by atoms with Gasteiger partial charge in [0.05, 0.1) is 5.56 Å². The molecular weight excluding hydrogens is 340 g/mol. The highest BCUT2D eigenvalue weighted by Crippen LogP contribution is 2.18. The van der Waals surface area contributed by atoms with Crippen molar-refractivity contribution in [3.8, 4) is 0 Å². The van der Waals surface area contributed by atoms with Gasteiger partial charge in [0, 0.05) is 60.0 Å². The number of amides is 1. The van der Waals surface area contributed by atoms with Crippen LogP contribution in [-0.4, -0.2) is 64.6 Å². The lowest BCUT2D eigenvalue weighted by Crippen LogP contribution is -2.49. The number of piperazine rings is 1. The average Bonchev–Trinajstić information content (AvgIpc) is 2.45. The van der Waals surface area contributed by atoms with E-state index in [-0.39, 0.29) is 5.91 Å². The Morgan fingerprint density at radius 3 is 2.50 bits per heavy atom. The third-order valence-electron chi connectivity index (χ3n) is 3.46. The Labute approximate surface area is 130 Å². The van der Waals surface area contributed by atoms with Crippen molar-refractivity contribution in [2.75, 3.05) is 44.7 Å². The zero-order valence-electron chi connectivity index (χ0n) is 11.5. The molecule has 1 atom stereocenters. The molecule has 1 fully saturated rings. The first kappa shape index (κ1) is 15.7. The molecule has 110 valence electrons. The van der Waals surface area contributed by atoms with Crippen molar-refractivity contribution in [2.24, 2.45) is 0 Å². The first-order valence-corrected chi connectivity index (χ1v) is 9.16. The molecule has 1 saturated heterocycles. The first-order chi connectivity index (χ1) is 9.58. The maximum atomic E-state index is 12.4. The number of nitrogens with zero attached hydrogens (tertiary/aromatic N) is 2. The van der Waals surface area contributed by atoms with Crippen molar-refractivity contribution in [3.05, 3.63) is 34.3 Å². The lowest BCUT2D eigenvalue weighted by molar-refractivity contribution is 0.0643. The Balaban J connectivity index is 1.89. The SMILES string of the molecule is CS(=O)CCN1CCN(C(=O)c2ccccc2Br)CC1. The van der Waals surface area contributed by atoms with Crippen molar-refractivity contribution in [1.29, 1.82) is 0 Å². The first-order valence-electron chi connectivity index (χ1n) is 6.64. The quantitative estimate of drug-likeness (QED) is 0.820. The van der Waals surface area contributed by atoms with E-state index in [1.54, 1.807) is 6.26 Å². The van der Waals surface area contributed by atoms with Gasteiger partial charge in [0.15, 0.2) is 0 Å². The van der Waals surface area contributed by atoms with Crippen molar-refractivity contribution >= 4 is 32.6 Å². The average molecular weight is 359 g/mol. The van der Waals surface area contributed by atoms with Crippen LogP contribution in [0.25, 0.3) is 0 Å². The summed E-state index contributed by atoms with van der Waals surface area (Å²) in [4.78, 5) is 16.6. The second kappa shape index (κ2) is 7.33. The van der Waals surface area contributed by atoms with E-state index >= 15 is 0 Å². The molecule has 0 saturated carbocycles. The second-order valence-corrected chi connectivity index (χ2v) is 7.30. The van der Waals surface area contributed by atoms with Crippen LogP contribution < -0.4 is 0 Å². The zero-order chi connectivity index (χ0) is 14.5. The Kier molecular flexibility index (Phi) is 5.74. The van der Waals surface area contributed by atoms with Crippen LogP contribution in [0.2, 0.25) is 0 Å². The van der Waals surface area contributed by atoms with Crippen molar-refractivity contribution in [2.45, 2.75) is 0 Å². The summed E-state index contributed by atoms with van der Waals surface area (Å²) in [6, 6.07) is 7.52. The second-order valence-electron chi connectivity index (χ2n) is 4.89. The molecule has 1 heterocycles. The number of hydrogen-bond donors (Lipinski definition) is 0. The normalized spacial score (nSPS) is 18.0. The molecule has 1 aliphatic rings. The molecular formula is C14H19BrN2O2S. The van der Waals surface area contributed by atoms with Crippen LogP contribution >= 0.6 is 15.9 Å². The lowest BCUT2D eigenvalue weighted by atomic mass is 10.2. The van der Waals surface area contributed by atoms with Crippen LogP contribution in [0.5, 0.6) is 0 Å². The number of rotatable bonds is 4. The smallest absolute Gasteiger partial charge is 0.255 e. The van der Waals surface area contributed by atoms with Crippen LogP contribution in [0, 0.1) is 0 Å². The standard InChI is InChI=1S/C14H19BrN2O2S/c1-20(19)11-10-16-6-8-17(9-7-16)14(18)12-4-2-3-5-13(12)15/h2-5H,6-11H2,1H3. The number of carbonyl (C=O) groups excluding carboxylic acids is 1. The Morgan fingerprint density at radius 2 is 1.90 bits per heavy atom. The topological polar surface area (TPSA) is 40.6 Å². The fourth-order valence-corrected chi connectivity index (χ4v) is 3.21. The Morgan fingerprint density at radius 1 is 1.25 bits per heavy atom. The van der Waals surface area contributed by atoms with E-state index in [9.17, 15) is 9.00 Å². The van der Waals surface area contributed by atoms with E-state index in [1.807, 2.05) is 29.2 Å². The fraction of sp³-hybridized carbons (Fsp3) is 0.500. The molecule has 1 aromatic rings. The summed E-state index contributed by atoms with van der Waals surface area (Å²) in [7, 11) is -0.746. The molecule has 0 N–H and O–H groups in total. The Bertz CT molecular complexity index is 502. The van der Waals surface area contributed by atoms with E-state index in [1.165, 1.54) is 0 Å². The van der Waals surface area contributed by atoms with Gasteiger partial charge in [0.25, 0.3) is 5.91 Å². The third-order valence-corrected chi connectivity index (χ3v) is 4.91. The summed E-state index contributed by atoms with van der Waals surface area (Å²) in [6.07, 6.45) is 1.73. The molecule has 1 aromatic carbocycles. The monoisotopic (exact) mass is 358 g/mol. The predicted octanol–water partition coefficient (Wildman–Crippen LogP) is 1.59. The lowest BCUT2D eigenvalue weighted by Gasteiger charge is -2.34. The molecule has 4 nitrogen and oxygen atoms in total. The third kappa shape index (κ3) is 4.14. The number of carbonyl (C=O) groups is 1. The highest BCUT2D eigenvalue weighted by atomic mass is 79.9. The van der Waals surface area contributed by atoms with Gasteiger partial charge >= 0.3 is 0 Å². The van der Waals surface area contributed by atoms with Gasteiger partial charge in [0.2, 0.25) is 0 Å². The van der Waals surface area contributed by atoms with Gasteiger partial charge in [-0.05, 0) is 28.1 Å². The van der Waals surface area contributed by atoms with Crippen LogP contribution in [0.4, 0.5) is 0 Å². The van der Waals surface area contributed by atoms with Gasteiger partial charge in [0.1, 0.15) is 0 Å². The molecule has 0 aromatic heterocycles. The van der Waals surface area contributed by atoms with E-state index in [4.69, 9.17) is 0 Å². The fourth-order valence-electron chi connectivity index (χ4n) is 2.24. The molecule has 0 aliphatic carbocycles. The highest BCUT2D eigenvalue weighted by Gasteiger charge is 2.23. The molecule has 0 spiro atoms. The van der Waals surface area contributed by atoms with Gasteiger partial charge < -0.3 is 4.90 Å². The van der Waals surface area contributed by atoms with Gasteiger partial charge in [-0.15, -0.1) is 0 Å². The molecule has 20 heavy (non-hydrogen) atoms. The maximum Gasteiger partial charge on any atom is 0.255 e. The van der Waals surface area contributed by atoms with Crippen LogP contribution in [0.15, 0.2) is 28.7 Å². The van der Waals surface area contributed by atoms with E-state index < -0.39 is 10.8 Å². The largest absolute Gasteiger partial charge is 0.336 e. The predicted molar refractivity (Wildman–Crippen MR) is 85.4 cm³/mol. The minimum absolute atomic E-state index is 0.0798. The van der Waals surface area contributed by atoms with Gasteiger partial charge in [-0.3, -0.25) is 13.9 Å². The van der Waals surface area contributed by atoms with E-state index in [2.05, 4.69) is 20.8 Å². The summed E-state index contributed by atoms with van der Waals surface area (Å²) < 4.78 is 11.9. The van der Waals surface area contributed by atoms with Crippen molar-refractivity contribution < 1.29 is 9.00 Å². The minimum atomic E-state index is -0.746. The molecule has 0 radical (unpaired) electrons. The highest BCUT2D eigenvalue weighted by molar-refractivity contribution is 9.10. The van der Waals surface area contributed by atoms with Crippen molar-refractivity contribution in [3.63, 3.8) is 0 Å². The van der Waals surface area contributed by atoms with Crippen LogP contribution in [0.1, 0.15) is 10.4 Å². The molecule has 1 unspecified atom stereocenters. The molecule has 1 aliphatic heterocycles. The van der Waals surface area contributed by atoms with E-state index in [0.717, 1.165) is 42.8 Å². The van der Waals surface area contributed by atoms with Crippen LogP contribution in [0.3, 0.4) is 0 Å². The summed E-state index contributed by atoms with van der Waals surface area (Å²) in [6.45, 7) is 4.02. The molecule has 6 heteroatoms. The number of benzene rings is 1. The molecule has 0 bridgehead atoms. The van der Waals surface area contributed by atoms with Crippen LogP contribution in [-0.2, 0) is 10.8 Å². The van der Waals surface area contributed by atoms with Gasteiger partial charge in [-0.2, -0.15) is 0 Å². The Hall–Kier alpha value is -0.720. The van der Waals surface area contributed by atoms with Gasteiger partial charge in [-0.1, -0.05) is 12.1 Å². The summed E-state index contributed by atoms with van der Waals surface area (Å²) >= 11 is 3.42. The van der Waals surface area contributed by atoms with E-state index in [0.29, 0.717) is 5.75 Å². The summed E-state index contributed by atoms with van der Waals surface area (Å²) in [5, 5.41) is 0. The number of hydrogen-bond acceptors (Lipinski definition) is 3. The zero-order valence-corrected chi connectivity index (χ0v) is 14.0. The maximum absolute atomic E-state index is 12.4. The minimum Gasteiger partial charge on any atom is -0.336 e. The molecule has 2 rings (SSSR count).